The minimum Gasteiger partial charge on any atom is -0.508 e. The van der Waals surface area contributed by atoms with Crippen molar-refractivity contribution in [1.29, 1.82) is 0 Å². The molecule has 228 valence electrons. The van der Waals surface area contributed by atoms with Gasteiger partial charge in [0.1, 0.15) is 11.6 Å². The van der Waals surface area contributed by atoms with E-state index in [4.69, 9.17) is 14.5 Å². The molecule has 1 saturated carbocycles. The van der Waals surface area contributed by atoms with Crippen LogP contribution in [0, 0.1) is 10.8 Å². The van der Waals surface area contributed by atoms with E-state index in [9.17, 15) is 5.11 Å². The topological polar surface area (TPSA) is 60.8 Å². The fourth-order valence-corrected chi connectivity index (χ4v) is 7.80. The molecule has 0 atom stereocenters. The van der Waals surface area contributed by atoms with Crippen molar-refractivity contribution in [2.75, 3.05) is 70.5 Å². The van der Waals surface area contributed by atoms with E-state index in [1.54, 1.807) is 0 Å². The van der Waals surface area contributed by atoms with Crippen LogP contribution >= 0.6 is 15.9 Å². The lowest BCUT2D eigenvalue weighted by atomic mass is 9.84. The van der Waals surface area contributed by atoms with E-state index in [-0.39, 0.29) is 16.6 Å². The molecule has 2 aromatic rings. The molecule has 0 amide bonds. The minimum absolute atomic E-state index is 0.223. The van der Waals surface area contributed by atoms with E-state index in [0.717, 1.165) is 91.2 Å². The largest absolute Gasteiger partial charge is 0.508 e. The molecular formula is C35H43BrN4O3. The second-order valence-electron chi connectivity index (χ2n) is 13.9. The first kappa shape index (κ1) is 29.0. The van der Waals surface area contributed by atoms with Gasteiger partial charge < -0.3 is 24.4 Å². The summed E-state index contributed by atoms with van der Waals surface area (Å²) in [5.74, 6) is 2.03. The Hall–Kier alpha value is -2.77. The molecule has 4 aliphatic heterocycles. The Morgan fingerprint density at radius 2 is 1.91 bits per heavy atom. The zero-order chi connectivity index (χ0) is 29.6. The van der Waals surface area contributed by atoms with Crippen LogP contribution in [0.5, 0.6) is 5.75 Å². The number of nitrogens with zero attached hydrogens (tertiary/aromatic N) is 4. The van der Waals surface area contributed by atoms with Gasteiger partial charge in [-0.25, -0.2) is 0 Å². The van der Waals surface area contributed by atoms with Crippen LogP contribution in [0.4, 0.5) is 5.69 Å². The number of phenolic OH excluding ortho intramolecular Hbond substituents is 1. The first-order valence-electron chi connectivity index (χ1n) is 15.9. The molecule has 5 aliphatic rings. The number of phenols is 1. The number of morpholine rings is 1. The summed E-state index contributed by atoms with van der Waals surface area (Å²) in [6.07, 6.45) is 7.65. The highest BCUT2D eigenvalue weighted by atomic mass is 79.9. The lowest BCUT2D eigenvalue weighted by Gasteiger charge is -2.41. The van der Waals surface area contributed by atoms with Crippen LogP contribution in [-0.2, 0) is 9.47 Å². The standard InChI is InChI=1S/C35H43BrN4O3/c1-34(2)10-4-13-40(22-34)33-28-9-14-39(30-20-27(41)19-25-5-3-6-29(36)32(25)30)21-26(28)7-8-31(37-33)43-24-35(11-12-35)23-38-15-17-42-18-16-38/h3,5-6,8,19-20,41H,4,9-18,21-24H2,1-2H3. The summed E-state index contributed by atoms with van der Waals surface area (Å²) in [7, 11) is 0. The Bertz CT molecular complexity index is 1530. The third-order valence-corrected chi connectivity index (χ3v) is 10.4. The van der Waals surface area contributed by atoms with Gasteiger partial charge in [-0.15, -0.1) is 5.73 Å². The molecule has 3 saturated heterocycles. The summed E-state index contributed by atoms with van der Waals surface area (Å²) in [4.78, 5) is 12.7. The summed E-state index contributed by atoms with van der Waals surface area (Å²) < 4.78 is 13.2. The summed E-state index contributed by atoms with van der Waals surface area (Å²) >= 11 is 3.77. The predicted octanol–water partition coefficient (Wildman–Crippen LogP) is 6.47. The zero-order valence-corrected chi connectivity index (χ0v) is 27.1. The zero-order valence-electron chi connectivity index (χ0n) is 25.5. The molecule has 0 bridgehead atoms. The average molecular weight is 648 g/mol. The molecule has 0 spiro atoms. The van der Waals surface area contributed by atoms with Gasteiger partial charge in [-0.2, -0.15) is 4.99 Å². The van der Waals surface area contributed by atoms with Gasteiger partial charge in [0.05, 0.1) is 26.4 Å². The van der Waals surface area contributed by atoms with Crippen molar-refractivity contribution in [3.05, 3.63) is 63.6 Å². The molecular weight excluding hydrogens is 604 g/mol. The minimum atomic E-state index is 0.223. The highest BCUT2D eigenvalue weighted by Gasteiger charge is 2.45. The van der Waals surface area contributed by atoms with Crippen LogP contribution < -0.4 is 4.90 Å². The number of ether oxygens (including phenoxy) is 2. The van der Waals surface area contributed by atoms with Gasteiger partial charge >= 0.3 is 0 Å². The Labute approximate surface area is 263 Å². The molecule has 8 heteroatoms. The lowest BCUT2D eigenvalue weighted by molar-refractivity contribution is 0.0230. The molecule has 1 N–H and O–H groups in total. The maximum Gasteiger partial charge on any atom is 0.223 e. The summed E-state index contributed by atoms with van der Waals surface area (Å²) in [5, 5.41) is 12.8. The van der Waals surface area contributed by atoms with Crippen molar-refractivity contribution in [2.45, 2.75) is 46.0 Å². The van der Waals surface area contributed by atoms with Gasteiger partial charge in [0.15, 0.2) is 0 Å². The number of hydrogen-bond acceptors (Lipinski definition) is 7. The van der Waals surface area contributed by atoms with E-state index < -0.39 is 0 Å². The van der Waals surface area contributed by atoms with Crippen molar-refractivity contribution >= 4 is 38.3 Å². The fraction of sp³-hybridized carbons (Fsp3) is 0.543. The van der Waals surface area contributed by atoms with Crippen molar-refractivity contribution in [3.8, 4) is 5.75 Å². The van der Waals surface area contributed by atoms with E-state index in [2.05, 4.69) is 62.3 Å². The molecule has 1 aliphatic carbocycles. The molecule has 0 radical (unpaired) electrons. The second-order valence-corrected chi connectivity index (χ2v) is 14.7. The number of likely N-dealkylation sites (tertiary alicyclic amines) is 1. The van der Waals surface area contributed by atoms with Gasteiger partial charge in [-0.1, -0.05) is 41.9 Å². The molecule has 4 heterocycles. The quantitative estimate of drug-likeness (QED) is 0.363. The highest BCUT2D eigenvalue weighted by Crippen LogP contribution is 2.47. The Balaban J connectivity index is 1.19. The molecule has 7 nitrogen and oxygen atoms in total. The van der Waals surface area contributed by atoms with Crippen LogP contribution in [0.1, 0.15) is 46.0 Å². The first-order valence-corrected chi connectivity index (χ1v) is 16.7. The molecule has 0 unspecified atom stereocenters. The number of halogens is 1. The number of benzene rings is 2. The second kappa shape index (κ2) is 11.6. The lowest BCUT2D eigenvalue weighted by Crippen LogP contribution is -2.41. The van der Waals surface area contributed by atoms with E-state index in [1.807, 2.05) is 24.3 Å². The molecule has 4 fully saturated rings. The smallest absolute Gasteiger partial charge is 0.223 e. The summed E-state index contributed by atoms with van der Waals surface area (Å²) in [6, 6.07) is 9.88. The van der Waals surface area contributed by atoms with Gasteiger partial charge in [0.2, 0.25) is 5.90 Å². The maximum absolute atomic E-state index is 10.6. The van der Waals surface area contributed by atoms with E-state index >= 15 is 0 Å². The molecule has 7 rings (SSSR count). The maximum atomic E-state index is 10.6. The number of anilines is 1. The predicted molar refractivity (Wildman–Crippen MR) is 176 cm³/mol. The van der Waals surface area contributed by atoms with E-state index in [0.29, 0.717) is 19.0 Å². The summed E-state index contributed by atoms with van der Waals surface area (Å²) in [5.41, 5.74) is 7.59. The molecule has 2 aromatic carbocycles. The van der Waals surface area contributed by atoms with Gasteiger partial charge in [0, 0.05) is 83.5 Å². The molecule has 0 aromatic heterocycles. The van der Waals surface area contributed by atoms with Crippen molar-refractivity contribution < 1.29 is 14.6 Å². The van der Waals surface area contributed by atoms with Crippen LogP contribution in [0.2, 0.25) is 0 Å². The number of hydrogen-bond donors (Lipinski definition) is 1. The average Bonchev–Trinajstić information content (AvgIpc) is 3.78. The Kier molecular flexibility index (Phi) is 7.83. The SMILES string of the molecule is CC1(C)CCCN(C2=C3CCN(c4cc(O)cc5cccc(Br)c45)CC3=C=CC(OCC3(CN4CCOCC4)CC3)=N2)C1. The number of piperidine rings is 2. The summed E-state index contributed by atoms with van der Waals surface area (Å²) in [6.45, 7) is 13.7. The highest BCUT2D eigenvalue weighted by molar-refractivity contribution is 9.10. The van der Waals surface area contributed by atoms with Crippen LogP contribution in [-0.4, -0.2) is 86.4 Å². The number of aromatic hydroxyl groups is 1. The van der Waals surface area contributed by atoms with Crippen molar-refractivity contribution in [3.63, 3.8) is 0 Å². The third-order valence-electron chi connectivity index (χ3n) is 9.78. The molecule has 43 heavy (non-hydrogen) atoms. The van der Waals surface area contributed by atoms with Crippen molar-refractivity contribution in [1.82, 2.24) is 9.80 Å². The van der Waals surface area contributed by atoms with Gasteiger partial charge in [-0.3, -0.25) is 4.90 Å². The van der Waals surface area contributed by atoms with Gasteiger partial charge in [-0.05, 0) is 55.0 Å². The normalized spacial score (nSPS) is 23.5. The third kappa shape index (κ3) is 6.26. The van der Waals surface area contributed by atoms with Crippen molar-refractivity contribution in [2.24, 2.45) is 15.8 Å². The van der Waals surface area contributed by atoms with Gasteiger partial charge in [0.25, 0.3) is 0 Å². The van der Waals surface area contributed by atoms with Crippen LogP contribution in [0.25, 0.3) is 10.8 Å². The van der Waals surface area contributed by atoms with Crippen LogP contribution in [0.15, 0.2) is 68.6 Å². The number of aliphatic imine (C=N–C) groups is 1. The van der Waals surface area contributed by atoms with E-state index in [1.165, 1.54) is 31.3 Å². The Morgan fingerprint density at radius 1 is 1.07 bits per heavy atom. The monoisotopic (exact) mass is 646 g/mol. The fourth-order valence-electron chi connectivity index (χ4n) is 7.22. The number of fused-ring (bicyclic) bond motifs is 2. The number of rotatable bonds is 6. The Morgan fingerprint density at radius 3 is 2.70 bits per heavy atom. The van der Waals surface area contributed by atoms with Crippen LogP contribution in [0.3, 0.4) is 0 Å². The first-order chi connectivity index (χ1) is 20.8.